The monoisotopic (exact) mass is 264 g/mol. The lowest BCUT2D eigenvalue weighted by atomic mass is 9.89. The second-order valence-corrected chi connectivity index (χ2v) is 6.72. The van der Waals surface area contributed by atoms with Crippen molar-refractivity contribution in [2.24, 2.45) is 5.92 Å². The maximum Gasteiger partial charge on any atom is 0.178 e. The smallest absolute Gasteiger partial charge is 0.178 e. The van der Waals surface area contributed by atoms with Crippen LogP contribution in [0.15, 0.2) is 29.2 Å². The van der Waals surface area contributed by atoms with Gasteiger partial charge in [0.05, 0.1) is 10.6 Å². The predicted molar refractivity (Wildman–Crippen MR) is 75.2 cm³/mol. The van der Waals surface area contributed by atoms with Crippen molar-refractivity contribution >= 4 is 9.84 Å². The molecule has 1 aromatic rings. The fourth-order valence-corrected chi connectivity index (χ4v) is 2.67. The minimum atomic E-state index is -3.10. The van der Waals surface area contributed by atoms with Crippen LogP contribution < -0.4 is 0 Å². The van der Waals surface area contributed by atoms with Crippen LogP contribution in [-0.4, -0.2) is 14.2 Å². The Morgan fingerprint density at radius 3 is 2.17 bits per heavy atom. The molecule has 18 heavy (non-hydrogen) atoms. The van der Waals surface area contributed by atoms with Gasteiger partial charge in [-0.2, -0.15) is 0 Å². The highest BCUT2D eigenvalue weighted by molar-refractivity contribution is 7.91. The second kappa shape index (κ2) is 6.06. The molecule has 98 valence electrons. The van der Waals surface area contributed by atoms with Crippen molar-refractivity contribution in [2.75, 3.05) is 5.75 Å². The van der Waals surface area contributed by atoms with Gasteiger partial charge in [-0.15, -0.1) is 5.92 Å². The highest BCUT2D eigenvalue weighted by atomic mass is 32.2. The third kappa shape index (κ3) is 3.36. The first-order valence-corrected chi connectivity index (χ1v) is 7.82. The van der Waals surface area contributed by atoms with Gasteiger partial charge in [-0.3, -0.25) is 0 Å². The summed E-state index contributed by atoms with van der Waals surface area (Å²) >= 11 is 0. The molecular weight excluding hydrogens is 244 g/mol. The van der Waals surface area contributed by atoms with Gasteiger partial charge in [0.15, 0.2) is 9.84 Å². The van der Waals surface area contributed by atoms with Gasteiger partial charge in [-0.25, -0.2) is 8.42 Å². The Labute approximate surface area is 110 Å². The molecule has 2 nitrogen and oxygen atoms in total. The molecule has 1 rings (SSSR count). The van der Waals surface area contributed by atoms with E-state index in [9.17, 15) is 8.42 Å². The SMILES string of the molecule is CC#CC(C)C(C)c1ccc(S(=O)(=O)CC)cc1. The summed E-state index contributed by atoms with van der Waals surface area (Å²) in [5, 5.41) is 0. The average molecular weight is 264 g/mol. The van der Waals surface area contributed by atoms with Crippen molar-refractivity contribution < 1.29 is 8.42 Å². The molecule has 2 atom stereocenters. The molecule has 0 spiro atoms. The zero-order valence-corrected chi connectivity index (χ0v) is 12.2. The number of hydrogen-bond acceptors (Lipinski definition) is 2. The maximum absolute atomic E-state index is 11.7. The quantitative estimate of drug-likeness (QED) is 0.782. The van der Waals surface area contributed by atoms with Crippen molar-refractivity contribution in [3.8, 4) is 11.8 Å². The summed E-state index contributed by atoms with van der Waals surface area (Å²) in [6.07, 6.45) is 0. The maximum atomic E-state index is 11.7. The molecule has 0 aromatic heterocycles. The van der Waals surface area contributed by atoms with Crippen LogP contribution in [0.4, 0.5) is 0 Å². The third-order valence-electron chi connectivity index (χ3n) is 3.27. The Bertz CT molecular complexity index is 544. The van der Waals surface area contributed by atoms with Gasteiger partial charge in [0.1, 0.15) is 0 Å². The second-order valence-electron chi connectivity index (χ2n) is 4.44. The van der Waals surface area contributed by atoms with Crippen LogP contribution in [-0.2, 0) is 9.84 Å². The number of rotatable bonds is 4. The molecule has 2 unspecified atom stereocenters. The topological polar surface area (TPSA) is 34.1 Å². The van der Waals surface area contributed by atoms with E-state index >= 15 is 0 Å². The van der Waals surface area contributed by atoms with Crippen LogP contribution in [0.2, 0.25) is 0 Å². The van der Waals surface area contributed by atoms with E-state index in [0.717, 1.165) is 5.56 Å². The molecule has 0 saturated carbocycles. The van der Waals surface area contributed by atoms with Crippen molar-refractivity contribution in [3.63, 3.8) is 0 Å². The van der Waals surface area contributed by atoms with Crippen LogP contribution in [0.25, 0.3) is 0 Å². The van der Waals surface area contributed by atoms with E-state index in [1.165, 1.54) is 0 Å². The lowest BCUT2D eigenvalue weighted by Gasteiger charge is -2.15. The summed E-state index contributed by atoms with van der Waals surface area (Å²) < 4.78 is 23.4. The standard InChI is InChI=1S/C15H20O2S/c1-5-7-12(3)13(4)14-8-10-15(11-9-14)18(16,17)6-2/h8-13H,6H2,1-4H3. The lowest BCUT2D eigenvalue weighted by Crippen LogP contribution is -2.06. The average Bonchev–Trinajstić information content (AvgIpc) is 2.38. The summed E-state index contributed by atoms with van der Waals surface area (Å²) in [5.74, 6) is 6.76. The van der Waals surface area contributed by atoms with Crippen molar-refractivity contribution in [1.82, 2.24) is 0 Å². The molecule has 1 aromatic carbocycles. The van der Waals surface area contributed by atoms with E-state index in [4.69, 9.17) is 0 Å². The van der Waals surface area contributed by atoms with Gasteiger partial charge >= 0.3 is 0 Å². The van der Waals surface area contributed by atoms with Crippen molar-refractivity contribution in [1.29, 1.82) is 0 Å². The van der Waals surface area contributed by atoms with Gasteiger partial charge in [0.25, 0.3) is 0 Å². The molecule has 0 radical (unpaired) electrons. The minimum absolute atomic E-state index is 0.139. The molecule has 0 aliphatic carbocycles. The van der Waals surface area contributed by atoms with Gasteiger partial charge in [0, 0.05) is 5.92 Å². The van der Waals surface area contributed by atoms with Crippen molar-refractivity contribution in [2.45, 2.75) is 38.5 Å². The van der Waals surface area contributed by atoms with E-state index in [1.807, 2.05) is 19.1 Å². The highest BCUT2D eigenvalue weighted by Gasteiger charge is 2.15. The van der Waals surface area contributed by atoms with Gasteiger partial charge < -0.3 is 0 Å². The van der Waals surface area contributed by atoms with Gasteiger partial charge in [-0.05, 0) is 30.5 Å². The summed E-state index contributed by atoms with van der Waals surface area (Å²) in [4.78, 5) is 0.398. The van der Waals surface area contributed by atoms with Gasteiger partial charge in [0.2, 0.25) is 0 Å². The van der Waals surface area contributed by atoms with E-state index in [0.29, 0.717) is 10.8 Å². The Morgan fingerprint density at radius 2 is 1.72 bits per heavy atom. The molecule has 0 aliphatic rings. The molecule has 0 aliphatic heterocycles. The summed E-state index contributed by atoms with van der Waals surface area (Å²) in [6, 6.07) is 7.16. The zero-order chi connectivity index (χ0) is 13.8. The predicted octanol–water partition coefficient (Wildman–Crippen LogP) is 3.24. The highest BCUT2D eigenvalue weighted by Crippen LogP contribution is 2.24. The number of hydrogen-bond donors (Lipinski definition) is 0. The lowest BCUT2D eigenvalue weighted by molar-refractivity contribution is 0.596. The Morgan fingerprint density at radius 1 is 1.17 bits per heavy atom. The molecule has 0 amide bonds. The van der Waals surface area contributed by atoms with Gasteiger partial charge in [-0.1, -0.05) is 38.8 Å². The summed E-state index contributed by atoms with van der Waals surface area (Å²) in [5.41, 5.74) is 1.13. The van der Waals surface area contributed by atoms with Crippen LogP contribution >= 0.6 is 0 Å². The summed E-state index contributed by atoms with van der Waals surface area (Å²) in [6.45, 7) is 7.68. The largest absolute Gasteiger partial charge is 0.224 e. The molecule has 0 N–H and O–H groups in total. The van der Waals surface area contributed by atoms with E-state index in [-0.39, 0.29) is 11.7 Å². The first-order valence-electron chi connectivity index (χ1n) is 6.17. The number of sulfone groups is 1. The number of benzene rings is 1. The normalized spacial score (nSPS) is 14.4. The summed E-state index contributed by atoms with van der Waals surface area (Å²) in [7, 11) is -3.10. The van der Waals surface area contributed by atoms with Crippen molar-refractivity contribution in [3.05, 3.63) is 29.8 Å². The first kappa shape index (κ1) is 14.8. The molecule has 0 heterocycles. The Balaban J connectivity index is 2.99. The molecule has 0 bridgehead atoms. The fraction of sp³-hybridized carbons (Fsp3) is 0.467. The molecule has 0 fully saturated rings. The Kier molecular flexibility index (Phi) is 4.98. The first-order chi connectivity index (χ1) is 8.42. The molecule has 0 saturated heterocycles. The van der Waals surface area contributed by atoms with E-state index in [2.05, 4.69) is 25.7 Å². The zero-order valence-electron chi connectivity index (χ0n) is 11.4. The third-order valence-corrected chi connectivity index (χ3v) is 5.02. The van der Waals surface area contributed by atoms with Crippen LogP contribution in [0.1, 0.15) is 39.2 Å². The van der Waals surface area contributed by atoms with Crippen LogP contribution in [0.5, 0.6) is 0 Å². The minimum Gasteiger partial charge on any atom is -0.224 e. The van der Waals surface area contributed by atoms with E-state index in [1.54, 1.807) is 19.1 Å². The fourth-order valence-electron chi connectivity index (χ4n) is 1.79. The van der Waals surface area contributed by atoms with E-state index < -0.39 is 9.84 Å². The molecular formula is C15H20O2S. The Hall–Kier alpha value is -1.27. The van der Waals surface area contributed by atoms with Crippen LogP contribution in [0, 0.1) is 17.8 Å². The van der Waals surface area contributed by atoms with Crippen LogP contribution in [0.3, 0.4) is 0 Å². The molecule has 3 heteroatoms.